The summed E-state index contributed by atoms with van der Waals surface area (Å²) in [4.78, 5) is 0. The molecule has 0 nitrogen and oxygen atoms in total. The van der Waals surface area contributed by atoms with Crippen LogP contribution in [0.4, 0.5) is 0 Å². The predicted octanol–water partition coefficient (Wildman–Crippen LogP) is 2.18. The van der Waals surface area contributed by atoms with Crippen LogP contribution in [0.3, 0.4) is 0 Å². The van der Waals surface area contributed by atoms with Crippen LogP contribution in [0.5, 0.6) is 0 Å². The molecular formula is C5H11P. The van der Waals surface area contributed by atoms with Gasteiger partial charge < -0.3 is 0 Å². The average Bonchev–Trinajstić information content (AvgIpc) is 1.35. The molecule has 6 heavy (non-hydrogen) atoms. The van der Waals surface area contributed by atoms with E-state index in [2.05, 4.69) is 29.2 Å². The van der Waals surface area contributed by atoms with E-state index in [0.29, 0.717) is 0 Å². The van der Waals surface area contributed by atoms with E-state index in [-0.39, 0.29) is 0 Å². The van der Waals surface area contributed by atoms with E-state index in [0.717, 1.165) is 6.42 Å². The van der Waals surface area contributed by atoms with Crippen LogP contribution in [0.25, 0.3) is 0 Å². The molecule has 0 aromatic heterocycles. The first-order chi connectivity index (χ1) is 2.77. The summed E-state index contributed by atoms with van der Waals surface area (Å²) in [7, 11) is 2.64. The van der Waals surface area contributed by atoms with Gasteiger partial charge in [0.05, 0.1) is 0 Å². The van der Waals surface area contributed by atoms with E-state index in [1.165, 1.54) is 5.31 Å². The number of allylic oxidation sites excluding steroid dienone is 2. The molecule has 0 fully saturated rings. The molecule has 0 aromatic rings. The Kier molecular flexibility index (Phi) is 3.46. The van der Waals surface area contributed by atoms with Crippen molar-refractivity contribution >= 4 is 9.24 Å². The van der Waals surface area contributed by atoms with Gasteiger partial charge in [-0.1, -0.05) is 18.3 Å². The largest absolute Gasteiger partial charge is 0.111 e. The van der Waals surface area contributed by atoms with Crippen molar-refractivity contribution in [2.24, 2.45) is 0 Å². The van der Waals surface area contributed by atoms with Gasteiger partial charge in [-0.3, -0.25) is 0 Å². The topological polar surface area (TPSA) is 0 Å². The molecule has 0 saturated carbocycles. The molecule has 0 bridgehead atoms. The molecule has 0 aliphatic rings. The summed E-state index contributed by atoms with van der Waals surface area (Å²) >= 11 is 0. The van der Waals surface area contributed by atoms with Gasteiger partial charge >= 0.3 is 0 Å². The van der Waals surface area contributed by atoms with Crippen molar-refractivity contribution in [3.8, 4) is 0 Å². The van der Waals surface area contributed by atoms with Gasteiger partial charge in [-0.05, 0) is 13.3 Å². The van der Waals surface area contributed by atoms with Gasteiger partial charge in [0.15, 0.2) is 0 Å². The monoisotopic (exact) mass is 102 g/mol. The normalized spacial score (nSPS) is 12.2. The second-order valence-electron chi connectivity index (χ2n) is 1.36. The molecule has 0 rings (SSSR count). The maximum atomic E-state index is 2.64. The molecule has 0 aromatic carbocycles. The minimum atomic E-state index is 1.15. The zero-order chi connectivity index (χ0) is 4.99. The minimum absolute atomic E-state index is 1.15. The van der Waals surface area contributed by atoms with E-state index in [1.807, 2.05) is 0 Å². The molecule has 0 radical (unpaired) electrons. The Bertz CT molecular complexity index is 51.0. The third kappa shape index (κ3) is 4.17. The lowest BCUT2D eigenvalue weighted by molar-refractivity contribution is 1.21. The SMILES string of the molecule is CCC=C(C)P. The molecule has 0 aliphatic carbocycles. The standard InChI is InChI=1S/C5H11P/c1-3-4-5(2)6/h4H,3,6H2,1-2H3. The zero-order valence-corrected chi connectivity index (χ0v) is 5.52. The summed E-state index contributed by atoms with van der Waals surface area (Å²) in [5.41, 5.74) is 0. The van der Waals surface area contributed by atoms with Crippen molar-refractivity contribution in [3.63, 3.8) is 0 Å². The third-order valence-corrected chi connectivity index (χ3v) is 0.762. The molecular weight excluding hydrogens is 91.0 g/mol. The predicted molar refractivity (Wildman–Crippen MR) is 33.8 cm³/mol. The fourth-order valence-electron chi connectivity index (χ4n) is 0.322. The van der Waals surface area contributed by atoms with Gasteiger partial charge in [0.1, 0.15) is 0 Å². The van der Waals surface area contributed by atoms with Crippen LogP contribution in [0.15, 0.2) is 11.4 Å². The van der Waals surface area contributed by atoms with Crippen LogP contribution < -0.4 is 0 Å². The van der Waals surface area contributed by atoms with Crippen molar-refractivity contribution < 1.29 is 0 Å². The number of rotatable bonds is 1. The lowest BCUT2D eigenvalue weighted by atomic mass is 10.4. The summed E-state index contributed by atoms with van der Waals surface area (Å²) in [5.74, 6) is 0. The molecule has 0 N–H and O–H groups in total. The van der Waals surface area contributed by atoms with Crippen LogP contribution in [0, 0.1) is 0 Å². The second-order valence-corrected chi connectivity index (χ2v) is 2.27. The Morgan fingerprint density at radius 2 is 2.33 bits per heavy atom. The molecule has 0 heterocycles. The first-order valence-electron chi connectivity index (χ1n) is 2.19. The van der Waals surface area contributed by atoms with E-state index in [9.17, 15) is 0 Å². The van der Waals surface area contributed by atoms with Crippen molar-refractivity contribution in [1.29, 1.82) is 0 Å². The van der Waals surface area contributed by atoms with E-state index in [4.69, 9.17) is 0 Å². The van der Waals surface area contributed by atoms with Crippen molar-refractivity contribution in [2.75, 3.05) is 0 Å². The Balaban J connectivity index is 3.14. The number of hydrogen-bond acceptors (Lipinski definition) is 0. The highest BCUT2D eigenvalue weighted by Crippen LogP contribution is 2.01. The van der Waals surface area contributed by atoms with Crippen molar-refractivity contribution in [2.45, 2.75) is 20.3 Å². The summed E-state index contributed by atoms with van der Waals surface area (Å²) in [6, 6.07) is 0. The van der Waals surface area contributed by atoms with Crippen LogP contribution in [0.2, 0.25) is 0 Å². The smallest absolute Gasteiger partial charge is 0.0373 e. The van der Waals surface area contributed by atoms with Crippen LogP contribution in [-0.2, 0) is 0 Å². The van der Waals surface area contributed by atoms with Gasteiger partial charge in [0.2, 0.25) is 0 Å². The highest BCUT2D eigenvalue weighted by Gasteiger charge is 1.67. The Hall–Kier alpha value is 0.170. The average molecular weight is 102 g/mol. The van der Waals surface area contributed by atoms with Gasteiger partial charge in [0.25, 0.3) is 0 Å². The highest BCUT2D eigenvalue weighted by molar-refractivity contribution is 7.22. The molecule has 0 saturated heterocycles. The first kappa shape index (κ1) is 6.17. The Morgan fingerprint density at radius 1 is 1.83 bits per heavy atom. The Morgan fingerprint density at radius 3 is 2.33 bits per heavy atom. The number of hydrogen-bond donors (Lipinski definition) is 0. The quantitative estimate of drug-likeness (QED) is 0.445. The van der Waals surface area contributed by atoms with Crippen molar-refractivity contribution in [1.82, 2.24) is 0 Å². The van der Waals surface area contributed by atoms with Gasteiger partial charge in [0, 0.05) is 0 Å². The fraction of sp³-hybridized carbons (Fsp3) is 0.600. The highest BCUT2D eigenvalue weighted by atomic mass is 31.0. The van der Waals surface area contributed by atoms with Gasteiger partial charge in [-0.15, -0.1) is 9.24 Å². The molecule has 0 spiro atoms. The molecule has 1 unspecified atom stereocenters. The van der Waals surface area contributed by atoms with Crippen LogP contribution in [-0.4, -0.2) is 0 Å². The maximum absolute atomic E-state index is 2.64. The molecule has 1 heteroatoms. The molecule has 36 valence electrons. The van der Waals surface area contributed by atoms with Gasteiger partial charge in [-0.25, -0.2) is 0 Å². The fourth-order valence-corrected chi connectivity index (χ4v) is 0.558. The van der Waals surface area contributed by atoms with Crippen LogP contribution >= 0.6 is 9.24 Å². The minimum Gasteiger partial charge on any atom is -0.111 e. The molecule has 0 aliphatic heterocycles. The van der Waals surface area contributed by atoms with E-state index < -0.39 is 0 Å². The van der Waals surface area contributed by atoms with E-state index >= 15 is 0 Å². The van der Waals surface area contributed by atoms with Gasteiger partial charge in [-0.2, -0.15) is 0 Å². The molecule has 0 amide bonds. The summed E-state index contributed by atoms with van der Waals surface area (Å²) in [6.45, 7) is 4.21. The second kappa shape index (κ2) is 3.36. The summed E-state index contributed by atoms with van der Waals surface area (Å²) in [5, 5.41) is 1.33. The summed E-state index contributed by atoms with van der Waals surface area (Å²) < 4.78 is 0. The van der Waals surface area contributed by atoms with E-state index in [1.54, 1.807) is 0 Å². The first-order valence-corrected chi connectivity index (χ1v) is 2.77. The lowest BCUT2D eigenvalue weighted by Crippen LogP contribution is -1.53. The third-order valence-electron chi connectivity index (χ3n) is 0.526. The Labute approximate surface area is 41.8 Å². The summed E-state index contributed by atoms with van der Waals surface area (Å²) in [6.07, 6.45) is 3.32. The molecule has 1 atom stereocenters. The zero-order valence-electron chi connectivity index (χ0n) is 4.36. The van der Waals surface area contributed by atoms with Crippen molar-refractivity contribution in [3.05, 3.63) is 11.4 Å². The lowest BCUT2D eigenvalue weighted by Gasteiger charge is -1.80. The van der Waals surface area contributed by atoms with Crippen LogP contribution in [0.1, 0.15) is 20.3 Å². The maximum Gasteiger partial charge on any atom is -0.0373 e.